The second kappa shape index (κ2) is 9.47. The molecule has 1 fully saturated rings. The number of nitrogens with one attached hydrogen (secondary N) is 1. The molecule has 0 atom stereocenters. The molecule has 1 amide bonds. The van der Waals surface area contributed by atoms with Gasteiger partial charge in [-0.1, -0.05) is 53.7 Å². The molecular formula is C23H27N5O. The fourth-order valence-electron chi connectivity index (χ4n) is 3.79. The second-order valence-electron chi connectivity index (χ2n) is 7.41. The van der Waals surface area contributed by atoms with Crippen LogP contribution in [0.1, 0.15) is 36.2 Å². The van der Waals surface area contributed by atoms with Crippen LogP contribution in [0, 0.1) is 0 Å². The van der Waals surface area contributed by atoms with Gasteiger partial charge >= 0.3 is 0 Å². The summed E-state index contributed by atoms with van der Waals surface area (Å²) in [7, 11) is 0. The minimum Gasteiger partial charge on any atom is -0.351 e. The third-order valence-corrected chi connectivity index (χ3v) is 5.32. The van der Waals surface area contributed by atoms with E-state index in [1.165, 1.54) is 25.9 Å². The summed E-state index contributed by atoms with van der Waals surface area (Å²) in [5.41, 5.74) is 2.87. The van der Waals surface area contributed by atoms with Gasteiger partial charge in [0.05, 0.1) is 5.69 Å². The number of nitrogens with zero attached hydrogens (tertiary/aromatic N) is 4. The van der Waals surface area contributed by atoms with Crippen molar-refractivity contribution in [2.45, 2.75) is 25.7 Å². The Morgan fingerprint density at radius 1 is 0.931 bits per heavy atom. The molecule has 4 rings (SSSR count). The van der Waals surface area contributed by atoms with Gasteiger partial charge in [0.25, 0.3) is 5.91 Å². The summed E-state index contributed by atoms with van der Waals surface area (Å²) >= 11 is 0. The molecule has 1 N–H and O–H groups in total. The first kappa shape index (κ1) is 19.3. The molecule has 6 nitrogen and oxygen atoms in total. The first-order chi connectivity index (χ1) is 14.3. The van der Waals surface area contributed by atoms with Crippen LogP contribution in [0.25, 0.3) is 16.9 Å². The van der Waals surface area contributed by atoms with E-state index in [9.17, 15) is 4.79 Å². The van der Waals surface area contributed by atoms with Crippen LogP contribution in [0.2, 0.25) is 0 Å². The molecule has 2 heterocycles. The highest BCUT2D eigenvalue weighted by atomic mass is 16.2. The number of amides is 1. The summed E-state index contributed by atoms with van der Waals surface area (Å²) in [5, 5.41) is 11.5. The van der Waals surface area contributed by atoms with Crippen molar-refractivity contribution >= 4 is 5.91 Å². The number of carbonyl (C=O) groups is 1. The Kier molecular flexibility index (Phi) is 6.32. The number of hydrogen-bond donors (Lipinski definition) is 1. The molecule has 0 spiro atoms. The topological polar surface area (TPSA) is 63.1 Å². The molecule has 1 aliphatic heterocycles. The smallest absolute Gasteiger partial charge is 0.274 e. The number of unbranched alkanes of at least 4 members (excludes halogenated alkanes) is 1. The van der Waals surface area contributed by atoms with Gasteiger partial charge in [-0.05, 0) is 57.5 Å². The van der Waals surface area contributed by atoms with Crippen LogP contribution in [0.3, 0.4) is 0 Å². The van der Waals surface area contributed by atoms with Crippen LogP contribution in [-0.4, -0.2) is 52.0 Å². The van der Waals surface area contributed by atoms with Crippen molar-refractivity contribution < 1.29 is 4.79 Å². The van der Waals surface area contributed by atoms with Crippen molar-refractivity contribution in [1.82, 2.24) is 25.2 Å². The first-order valence-corrected chi connectivity index (χ1v) is 10.4. The van der Waals surface area contributed by atoms with Gasteiger partial charge in [-0.25, -0.2) is 4.68 Å². The van der Waals surface area contributed by atoms with E-state index in [1.807, 2.05) is 60.7 Å². The molecule has 1 aliphatic rings. The minimum atomic E-state index is -0.174. The van der Waals surface area contributed by atoms with Crippen molar-refractivity contribution in [3.63, 3.8) is 0 Å². The summed E-state index contributed by atoms with van der Waals surface area (Å²) in [6.45, 7) is 4.21. The number of likely N-dealkylation sites (tertiary alicyclic amines) is 1. The van der Waals surface area contributed by atoms with Gasteiger partial charge in [-0.15, -0.1) is 5.10 Å². The number of aromatic nitrogens is 3. The quantitative estimate of drug-likeness (QED) is 0.599. The fraction of sp³-hybridized carbons (Fsp3) is 0.348. The molecule has 1 aromatic heterocycles. The van der Waals surface area contributed by atoms with Crippen LogP contribution >= 0.6 is 0 Å². The van der Waals surface area contributed by atoms with Gasteiger partial charge < -0.3 is 10.2 Å². The van der Waals surface area contributed by atoms with Gasteiger partial charge in [0.1, 0.15) is 5.69 Å². The number of benzene rings is 2. The summed E-state index contributed by atoms with van der Waals surface area (Å²) < 4.78 is 1.73. The highest BCUT2D eigenvalue weighted by Gasteiger charge is 2.21. The van der Waals surface area contributed by atoms with Gasteiger partial charge in [0.15, 0.2) is 5.69 Å². The molecule has 0 radical (unpaired) electrons. The summed E-state index contributed by atoms with van der Waals surface area (Å²) in [4.78, 5) is 15.4. The average molecular weight is 390 g/mol. The zero-order valence-electron chi connectivity index (χ0n) is 16.6. The lowest BCUT2D eigenvalue weighted by Crippen LogP contribution is -2.27. The Morgan fingerprint density at radius 2 is 1.62 bits per heavy atom. The van der Waals surface area contributed by atoms with Crippen molar-refractivity contribution in [3.05, 3.63) is 66.4 Å². The zero-order chi connectivity index (χ0) is 19.9. The van der Waals surface area contributed by atoms with E-state index in [-0.39, 0.29) is 5.91 Å². The molecular weight excluding hydrogens is 362 g/mol. The Labute approximate surface area is 171 Å². The Morgan fingerprint density at radius 3 is 2.34 bits per heavy atom. The van der Waals surface area contributed by atoms with E-state index >= 15 is 0 Å². The van der Waals surface area contributed by atoms with Crippen LogP contribution in [0.5, 0.6) is 0 Å². The monoisotopic (exact) mass is 389 g/mol. The maximum Gasteiger partial charge on any atom is 0.274 e. The zero-order valence-corrected chi connectivity index (χ0v) is 16.6. The second-order valence-corrected chi connectivity index (χ2v) is 7.41. The molecule has 0 unspecified atom stereocenters. The predicted molar refractivity (Wildman–Crippen MR) is 114 cm³/mol. The molecule has 2 aromatic carbocycles. The molecule has 0 bridgehead atoms. The Hall–Kier alpha value is -2.99. The van der Waals surface area contributed by atoms with Crippen LogP contribution in [-0.2, 0) is 0 Å². The molecule has 0 saturated carbocycles. The summed E-state index contributed by atoms with van der Waals surface area (Å²) in [5.74, 6) is -0.174. The predicted octanol–water partition coefficient (Wildman–Crippen LogP) is 3.54. The molecule has 3 aromatic rings. The van der Waals surface area contributed by atoms with Gasteiger partial charge in [-0.2, -0.15) is 0 Å². The largest absolute Gasteiger partial charge is 0.351 e. The number of rotatable bonds is 8. The van der Waals surface area contributed by atoms with E-state index in [4.69, 9.17) is 0 Å². The van der Waals surface area contributed by atoms with E-state index < -0.39 is 0 Å². The van der Waals surface area contributed by atoms with E-state index in [1.54, 1.807) is 4.68 Å². The molecule has 0 aliphatic carbocycles. The molecule has 29 heavy (non-hydrogen) atoms. The van der Waals surface area contributed by atoms with Crippen LogP contribution in [0.4, 0.5) is 0 Å². The van der Waals surface area contributed by atoms with Crippen LogP contribution < -0.4 is 5.32 Å². The fourth-order valence-corrected chi connectivity index (χ4v) is 3.79. The Bertz CT molecular complexity index is 917. The normalized spacial score (nSPS) is 14.2. The first-order valence-electron chi connectivity index (χ1n) is 10.4. The molecule has 1 saturated heterocycles. The third kappa shape index (κ3) is 4.71. The average Bonchev–Trinajstić information content (AvgIpc) is 3.45. The van der Waals surface area contributed by atoms with Crippen LogP contribution in [0.15, 0.2) is 60.7 Å². The molecule has 6 heteroatoms. The van der Waals surface area contributed by atoms with Crippen molar-refractivity contribution in [2.24, 2.45) is 0 Å². The highest BCUT2D eigenvalue weighted by Crippen LogP contribution is 2.25. The number of para-hydroxylation sites is 1. The minimum absolute atomic E-state index is 0.174. The highest BCUT2D eigenvalue weighted by molar-refractivity contribution is 5.98. The summed E-state index contributed by atoms with van der Waals surface area (Å²) in [6.07, 6.45) is 4.70. The van der Waals surface area contributed by atoms with Crippen molar-refractivity contribution in [2.75, 3.05) is 26.2 Å². The van der Waals surface area contributed by atoms with Gasteiger partial charge in [0, 0.05) is 12.1 Å². The van der Waals surface area contributed by atoms with E-state index in [0.717, 1.165) is 30.6 Å². The SMILES string of the molecule is O=C(NCCCCN1CCCC1)c1nnn(-c2ccccc2)c1-c1ccccc1. The number of carbonyl (C=O) groups excluding carboxylic acids is 1. The maximum absolute atomic E-state index is 12.9. The van der Waals surface area contributed by atoms with E-state index in [0.29, 0.717) is 17.9 Å². The lowest BCUT2D eigenvalue weighted by atomic mass is 10.1. The molecule has 150 valence electrons. The van der Waals surface area contributed by atoms with Gasteiger partial charge in [-0.3, -0.25) is 4.79 Å². The Balaban J connectivity index is 1.46. The van der Waals surface area contributed by atoms with Crippen molar-refractivity contribution in [3.8, 4) is 16.9 Å². The van der Waals surface area contributed by atoms with Gasteiger partial charge in [0.2, 0.25) is 0 Å². The van der Waals surface area contributed by atoms with Crippen molar-refractivity contribution in [1.29, 1.82) is 0 Å². The lowest BCUT2D eigenvalue weighted by molar-refractivity contribution is 0.0948. The summed E-state index contributed by atoms with van der Waals surface area (Å²) in [6, 6.07) is 19.6. The standard InChI is InChI=1S/C23H27N5O/c29-23(24-15-7-8-16-27-17-9-10-18-27)21-22(19-11-3-1-4-12-19)28(26-25-21)20-13-5-2-6-14-20/h1-6,11-14H,7-10,15-18H2,(H,24,29). The lowest BCUT2D eigenvalue weighted by Gasteiger charge is -2.14. The third-order valence-electron chi connectivity index (χ3n) is 5.32. The number of hydrogen-bond acceptors (Lipinski definition) is 4. The maximum atomic E-state index is 12.9. The van der Waals surface area contributed by atoms with E-state index in [2.05, 4.69) is 20.5 Å².